The zero-order valence-corrected chi connectivity index (χ0v) is 9.22. The average Bonchev–Trinajstić information content (AvgIpc) is 2.22. The number of aliphatic hydroxyl groups excluding tert-OH is 1. The van der Waals surface area contributed by atoms with E-state index >= 15 is 0 Å². The molecular formula is C10H15F2N3O. The molecular weight excluding hydrogens is 216 g/mol. The lowest BCUT2D eigenvalue weighted by atomic mass is 9.95. The lowest BCUT2D eigenvalue weighted by Gasteiger charge is -2.22. The van der Waals surface area contributed by atoms with Crippen LogP contribution in [0.2, 0.25) is 0 Å². The summed E-state index contributed by atoms with van der Waals surface area (Å²) in [6.45, 7) is 3.84. The summed E-state index contributed by atoms with van der Waals surface area (Å²) in [7, 11) is 0. The molecule has 0 radical (unpaired) electrons. The van der Waals surface area contributed by atoms with Gasteiger partial charge in [-0.1, -0.05) is 13.8 Å². The maximum Gasteiger partial charge on any atom is 0.168 e. The molecule has 1 rings (SSSR count). The Morgan fingerprint density at radius 1 is 1.44 bits per heavy atom. The van der Waals surface area contributed by atoms with Crippen molar-refractivity contribution < 1.29 is 13.9 Å². The van der Waals surface area contributed by atoms with Crippen LogP contribution in [0.1, 0.15) is 13.8 Å². The van der Waals surface area contributed by atoms with Gasteiger partial charge in [-0.25, -0.2) is 13.8 Å². The first-order valence-corrected chi connectivity index (χ1v) is 4.82. The number of nitrogens with one attached hydrogen (secondary N) is 1. The molecule has 1 heterocycles. The molecule has 0 atom stereocenters. The summed E-state index contributed by atoms with van der Waals surface area (Å²) in [6.07, 6.45) is 0. The Bertz CT molecular complexity index is 383. The summed E-state index contributed by atoms with van der Waals surface area (Å²) in [5.74, 6) is -2.16. The molecule has 0 aliphatic carbocycles. The number of nitrogen functional groups attached to an aromatic ring is 1. The van der Waals surface area contributed by atoms with Gasteiger partial charge in [0.15, 0.2) is 23.3 Å². The van der Waals surface area contributed by atoms with Crippen molar-refractivity contribution in [2.24, 2.45) is 5.41 Å². The van der Waals surface area contributed by atoms with Crippen molar-refractivity contribution in [3.8, 4) is 0 Å². The van der Waals surface area contributed by atoms with Gasteiger partial charge in [-0.05, 0) is 0 Å². The van der Waals surface area contributed by atoms with Gasteiger partial charge in [0.05, 0.1) is 0 Å². The molecule has 0 saturated carbocycles. The van der Waals surface area contributed by atoms with E-state index < -0.39 is 17.0 Å². The summed E-state index contributed by atoms with van der Waals surface area (Å²) >= 11 is 0. The average molecular weight is 231 g/mol. The first-order valence-electron chi connectivity index (χ1n) is 4.82. The molecule has 0 unspecified atom stereocenters. The minimum Gasteiger partial charge on any atom is -0.396 e. The molecule has 16 heavy (non-hydrogen) atoms. The molecule has 0 amide bonds. The standard InChI is InChI=1S/C10H15F2N3O/c1-10(2,5-16)4-14-9-7(12)3-6(11)8(13)15-9/h3,16H,4-5H2,1-2H3,(H3,13,14,15). The number of hydrogen-bond acceptors (Lipinski definition) is 4. The third-order valence-corrected chi connectivity index (χ3v) is 2.12. The Labute approximate surface area is 92.5 Å². The van der Waals surface area contributed by atoms with Crippen molar-refractivity contribution in [1.82, 2.24) is 4.98 Å². The third-order valence-electron chi connectivity index (χ3n) is 2.12. The summed E-state index contributed by atoms with van der Waals surface area (Å²) < 4.78 is 26.0. The van der Waals surface area contributed by atoms with E-state index in [4.69, 9.17) is 10.8 Å². The van der Waals surface area contributed by atoms with E-state index in [1.165, 1.54) is 0 Å². The predicted octanol–water partition coefficient (Wildman–Crippen LogP) is 1.37. The largest absolute Gasteiger partial charge is 0.396 e. The Morgan fingerprint density at radius 2 is 2.06 bits per heavy atom. The van der Waals surface area contributed by atoms with Crippen LogP contribution >= 0.6 is 0 Å². The molecule has 4 nitrogen and oxygen atoms in total. The van der Waals surface area contributed by atoms with Crippen LogP contribution in [-0.4, -0.2) is 23.2 Å². The molecule has 6 heteroatoms. The maximum atomic E-state index is 13.2. The normalized spacial score (nSPS) is 11.6. The first-order chi connectivity index (χ1) is 7.35. The molecule has 90 valence electrons. The molecule has 0 saturated heterocycles. The topological polar surface area (TPSA) is 71.2 Å². The molecule has 1 aromatic rings. The summed E-state index contributed by atoms with van der Waals surface area (Å²) in [4.78, 5) is 3.54. The zero-order chi connectivity index (χ0) is 12.3. The van der Waals surface area contributed by atoms with Crippen molar-refractivity contribution in [3.05, 3.63) is 17.7 Å². The predicted molar refractivity (Wildman–Crippen MR) is 57.9 cm³/mol. The van der Waals surface area contributed by atoms with Crippen LogP contribution in [0.3, 0.4) is 0 Å². The molecule has 0 aliphatic rings. The number of aromatic nitrogens is 1. The summed E-state index contributed by atoms with van der Waals surface area (Å²) in [5, 5.41) is 11.7. The van der Waals surface area contributed by atoms with Crippen LogP contribution in [0.25, 0.3) is 0 Å². The van der Waals surface area contributed by atoms with Gasteiger partial charge in [0.25, 0.3) is 0 Å². The van der Waals surface area contributed by atoms with Gasteiger partial charge in [0, 0.05) is 24.6 Å². The number of anilines is 2. The van der Waals surface area contributed by atoms with Crippen molar-refractivity contribution in [3.63, 3.8) is 0 Å². The van der Waals surface area contributed by atoms with Crippen LogP contribution < -0.4 is 11.1 Å². The first kappa shape index (κ1) is 12.6. The second-order valence-electron chi connectivity index (χ2n) is 4.36. The number of hydrogen-bond donors (Lipinski definition) is 3. The van der Waals surface area contributed by atoms with Crippen LogP contribution in [-0.2, 0) is 0 Å². The molecule has 0 spiro atoms. The van der Waals surface area contributed by atoms with Gasteiger partial charge < -0.3 is 16.2 Å². The Hall–Kier alpha value is -1.43. The fourth-order valence-corrected chi connectivity index (χ4v) is 0.984. The summed E-state index contributed by atoms with van der Waals surface area (Å²) in [5.41, 5.74) is 4.80. The van der Waals surface area contributed by atoms with Gasteiger partial charge in [0.2, 0.25) is 0 Å². The van der Waals surface area contributed by atoms with E-state index in [-0.39, 0.29) is 18.2 Å². The van der Waals surface area contributed by atoms with E-state index in [2.05, 4.69) is 10.3 Å². The highest BCUT2D eigenvalue weighted by molar-refractivity contribution is 5.44. The molecule has 4 N–H and O–H groups in total. The van der Waals surface area contributed by atoms with Crippen molar-refractivity contribution in [2.75, 3.05) is 24.2 Å². The highest BCUT2D eigenvalue weighted by Crippen LogP contribution is 2.19. The number of pyridine rings is 1. The van der Waals surface area contributed by atoms with Crippen molar-refractivity contribution in [1.29, 1.82) is 0 Å². The minimum atomic E-state index is -0.885. The molecule has 0 aliphatic heterocycles. The van der Waals surface area contributed by atoms with Gasteiger partial charge >= 0.3 is 0 Å². The SMILES string of the molecule is CC(C)(CO)CNc1nc(N)c(F)cc1F. The van der Waals surface area contributed by atoms with Crippen LogP contribution in [0.4, 0.5) is 20.4 Å². The fraction of sp³-hybridized carbons (Fsp3) is 0.500. The van der Waals surface area contributed by atoms with Crippen molar-refractivity contribution in [2.45, 2.75) is 13.8 Å². The Kier molecular flexibility index (Phi) is 3.64. The highest BCUT2D eigenvalue weighted by atomic mass is 19.1. The van der Waals surface area contributed by atoms with Gasteiger partial charge in [-0.3, -0.25) is 0 Å². The van der Waals surface area contributed by atoms with E-state index in [1.807, 2.05) is 0 Å². The van der Waals surface area contributed by atoms with E-state index in [0.717, 1.165) is 0 Å². The summed E-state index contributed by atoms with van der Waals surface area (Å²) in [6, 6.07) is 0.677. The third kappa shape index (κ3) is 3.03. The lowest BCUT2D eigenvalue weighted by Crippen LogP contribution is -2.27. The highest BCUT2D eigenvalue weighted by Gasteiger charge is 2.18. The number of nitrogens with zero attached hydrogens (tertiary/aromatic N) is 1. The van der Waals surface area contributed by atoms with E-state index in [9.17, 15) is 8.78 Å². The number of rotatable bonds is 4. The Balaban J connectivity index is 2.79. The minimum absolute atomic E-state index is 0.0572. The molecule has 0 bridgehead atoms. The number of halogens is 2. The van der Waals surface area contributed by atoms with E-state index in [0.29, 0.717) is 12.6 Å². The quantitative estimate of drug-likeness (QED) is 0.732. The van der Waals surface area contributed by atoms with Crippen LogP contribution in [0.15, 0.2) is 6.07 Å². The number of nitrogens with two attached hydrogens (primary N) is 1. The molecule has 0 aromatic carbocycles. The lowest BCUT2D eigenvalue weighted by molar-refractivity contribution is 0.170. The second kappa shape index (κ2) is 4.61. The van der Waals surface area contributed by atoms with Crippen molar-refractivity contribution >= 4 is 11.6 Å². The van der Waals surface area contributed by atoms with Crippen LogP contribution in [0.5, 0.6) is 0 Å². The van der Waals surface area contributed by atoms with Gasteiger partial charge in [0.1, 0.15) is 0 Å². The zero-order valence-electron chi connectivity index (χ0n) is 9.22. The van der Waals surface area contributed by atoms with E-state index in [1.54, 1.807) is 13.8 Å². The van der Waals surface area contributed by atoms with Gasteiger partial charge in [-0.15, -0.1) is 0 Å². The molecule has 0 fully saturated rings. The van der Waals surface area contributed by atoms with Gasteiger partial charge in [-0.2, -0.15) is 0 Å². The smallest absolute Gasteiger partial charge is 0.168 e. The Morgan fingerprint density at radius 3 is 2.62 bits per heavy atom. The molecule has 1 aromatic heterocycles. The number of aliphatic hydroxyl groups is 1. The fourth-order valence-electron chi connectivity index (χ4n) is 0.984. The second-order valence-corrected chi connectivity index (χ2v) is 4.36. The monoisotopic (exact) mass is 231 g/mol. The van der Waals surface area contributed by atoms with Crippen LogP contribution in [0, 0.1) is 17.0 Å². The maximum absolute atomic E-state index is 13.2.